The molecule has 1 fully saturated rings. The van der Waals surface area contributed by atoms with E-state index in [2.05, 4.69) is 10.8 Å². The van der Waals surface area contributed by atoms with Gasteiger partial charge in [-0.15, -0.1) is 6.42 Å². The summed E-state index contributed by atoms with van der Waals surface area (Å²) in [6, 6.07) is 0. The highest BCUT2D eigenvalue weighted by atomic mass is 16.1. The van der Waals surface area contributed by atoms with E-state index in [9.17, 15) is 4.79 Å². The van der Waals surface area contributed by atoms with Gasteiger partial charge in [-0.3, -0.25) is 9.69 Å². The number of rotatable bonds is 2. The molecular weight excluding hydrogens is 140 g/mol. The smallest absolute Gasteiger partial charge is 0.221 e. The number of nitrogens with two attached hydrogens (primary N) is 1. The van der Waals surface area contributed by atoms with Gasteiger partial charge in [-0.2, -0.15) is 0 Å². The zero-order valence-electron chi connectivity index (χ0n) is 6.42. The van der Waals surface area contributed by atoms with Crippen LogP contribution in [0.2, 0.25) is 0 Å². The number of hydrogen-bond acceptors (Lipinski definition) is 2. The number of hydrogen-bond donors (Lipinski definition) is 1. The number of nitrogens with zero attached hydrogens (tertiary/aromatic N) is 1. The third kappa shape index (κ3) is 1.95. The van der Waals surface area contributed by atoms with Crippen LogP contribution in [-0.4, -0.2) is 30.4 Å². The molecule has 1 aliphatic heterocycles. The largest absolute Gasteiger partial charge is 0.369 e. The number of likely N-dealkylation sites (tertiary alicyclic amines) is 1. The molecule has 0 spiro atoms. The molecule has 0 bridgehead atoms. The molecule has 60 valence electrons. The third-order valence-corrected chi connectivity index (χ3v) is 1.99. The minimum absolute atomic E-state index is 0.0170. The van der Waals surface area contributed by atoms with E-state index in [1.165, 1.54) is 0 Å². The summed E-state index contributed by atoms with van der Waals surface area (Å²) in [5.41, 5.74) is 5.14. The first-order valence-corrected chi connectivity index (χ1v) is 3.69. The molecule has 1 amide bonds. The first-order chi connectivity index (χ1) is 5.24. The van der Waals surface area contributed by atoms with Crippen LogP contribution in [0.15, 0.2) is 0 Å². The number of amides is 1. The second-order valence-corrected chi connectivity index (χ2v) is 2.83. The number of carbonyl (C=O) groups is 1. The summed E-state index contributed by atoms with van der Waals surface area (Å²) in [6.45, 7) is 2.26. The van der Waals surface area contributed by atoms with Crippen LogP contribution in [0.5, 0.6) is 0 Å². The minimum Gasteiger partial charge on any atom is -0.369 e. The molecule has 3 heteroatoms. The second-order valence-electron chi connectivity index (χ2n) is 2.83. The van der Waals surface area contributed by atoms with Crippen molar-refractivity contribution in [2.75, 3.05) is 19.6 Å². The monoisotopic (exact) mass is 152 g/mol. The fourth-order valence-electron chi connectivity index (χ4n) is 1.34. The van der Waals surface area contributed by atoms with Gasteiger partial charge in [0.15, 0.2) is 0 Å². The molecule has 0 saturated carbocycles. The maximum absolute atomic E-state index is 10.7. The summed E-state index contributed by atoms with van der Waals surface area (Å²) >= 11 is 0. The fourth-order valence-corrected chi connectivity index (χ4v) is 1.34. The number of carbonyl (C=O) groups excluding carboxylic acids is 1. The molecule has 0 aromatic carbocycles. The van der Waals surface area contributed by atoms with Crippen LogP contribution in [0, 0.1) is 18.3 Å². The van der Waals surface area contributed by atoms with Crippen molar-refractivity contribution in [3.63, 3.8) is 0 Å². The summed E-state index contributed by atoms with van der Waals surface area (Å²) < 4.78 is 0. The Morgan fingerprint density at radius 1 is 1.82 bits per heavy atom. The van der Waals surface area contributed by atoms with Crippen LogP contribution in [0.4, 0.5) is 0 Å². The topological polar surface area (TPSA) is 46.3 Å². The standard InChI is InChI=1S/C8H12N2O/c1-2-4-10-5-3-7(6-10)8(9)11/h1,7H,3-6H2,(H2,9,11). The van der Waals surface area contributed by atoms with Crippen LogP contribution in [-0.2, 0) is 4.79 Å². The molecule has 1 unspecified atom stereocenters. The van der Waals surface area contributed by atoms with Gasteiger partial charge in [0.1, 0.15) is 0 Å². The SMILES string of the molecule is C#CCN1CCC(C(N)=O)C1. The summed E-state index contributed by atoms with van der Waals surface area (Å²) in [7, 11) is 0. The van der Waals surface area contributed by atoms with Crippen molar-refractivity contribution < 1.29 is 4.79 Å². The van der Waals surface area contributed by atoms with Crippen molar-refractivity contribution in [2.45, 2.75) is 6.42 Å². The Balaban J connectivity index is 2.36. The minimum atomic E-state index is -0.204. The van der Waals surface area contributed by atoms with E-state index in [-0.39, 0.29) is 11.8 Å². The van der Waals surface area contributed by atoms with E-state index < -0.39 is 0 Å². The van der Waals surface area contributed by atoms with Gasteiger partial charge >= 0.3 is 0 Å². The Morgan fingerprint density at radius 2 is 2.55 bits per heavy atom. The van der Waals surface area contributed by atoms with E-state index in [1.54, 1.807) is 0 Å². The molecule has 0 aromatic rings. The zero-order chi connectivity index (χ0) is 8.27. The van der Waals surface area contributed by atoms with Gasteiger partial charge in [-0.05, 0) is 13.0 Å². The quantitative estimate of drug-likeness (QED) is 0.538. The van der Waals surface area contributed by atoms with Crippen molar-refractivity contribution >= 4 is 5.91 Å². The van der Waals surface area contributed by atoms with E-state index in [0.717, 1.165) is 19.5 Å². The van der Waals surface area contributed by atoms with Crippen molar-refractivity contribution in [3.8, 4) is 12.3 Å². The molecular formula is C8H12N2O. The molecule has 1 rings (SSSR count). The maximum Gasteiger partial charge on any atom is 0.221 e. The summed E-state index contributed by atoms with van der Waals surface area (Å²) in [6.07, 6.45) is 5.98. The van der Waals surface area contributed by atoms with Gasteiger partial charge in [0.25, 0.3) is 0 Å². The number of terminal acetylenes is 1. The Hall–Kier alpha value is -1.01. The second kappa shape index (κ2) is 3.40. The van der Waals surface area contributed by atoms with Crippen molar-refractivity contribution in [2.24, 2.45) is 11.7 Å². The van der Waals surface area contributed by atoms with E-state index in [1.807, 2.05) is 0 Å². The van der Waals surface area contributed by atoms with Crippen molar-refractivity contribution in [3.05, 3.63) is 0 Å². The average molecular weight is 152 g/mol. The lowest BCUT2D eigenvalue weighted by Crippen LogP contribution is -2.27. The lowest BCUT2D eigenvalue weighted by molar-refractivity contribution is -0.121. The molecule has 1 aliphatic rings. The predicted octanol–water partition coefficient (Wildman–Crippen LogP) is -0.573. The highest BCUT2D eigenvalue weighted by Gasteiger charge is 2.25. The molecule has 0 aliphatic carbocycles. The Kier molecular flexibility index (Phi) is 2.50. The van der Waals surface area contributed by atoms with Crippen LogP contribution >= 0.6 is 0 Å². The van der Waals surface area contributed by atoms with Crippen molar-refractivity contribution in [1.29, 1.82) is 0 Å². The van der Waals surface area contributed by atoms with Gasteiger partial charge in [0.2, 0.25) is 5.91 Å². The Morgan fingerprint density at radius 3 is 3.00 bits per heavy atom. The fraction of sp³-hybridized carbons (Fsp3) is 0.625. The summed E-state index contributed by atoms with van der Waals surface area (Å²) in [5, 5.41) is 0. The Labute approximate surface area is 66.5 Å². The third-order valence-electron chi connectivity index (χ3n) is 1.99. The first-order valence-electron chi connectivity index (χ1n) is 3.69. The zero-order valence-corrected chi connectivity index (χ0v) is 6.42. The van der Waals surface area contributed by atoms with Gasteiger partial charge < -0.3 is 5.73 Å². The first kappa shape index (κ1) is 8.09. The predicted molar refractivity (Wildman–Crippen MR) is 42.6 cm³/mol. The molecule has 1 atom stereocenters. The lowest BCUT2D eigenvalue weighted by atomic mass is 10.1. The molecule has 2 N–H and O–H groups in total. The van der Waals surface area contributed by atoms with E-state index >= 15 is 0 Å². The van der Waals surface area contributed by atoms with E-state index in [0.29, 0.717) is 6.54 Å². The lowest BCUT2D eigenvalue weighted by Gasteiger charge is -2.09. The average Bonchev–Trinajstić information content (AvgIpc) is 2.37. The highest BCUT2D eigenvalue weighted by Crippen LogP contribution is 2.14. The van der Waals surface area contributed by atoms with Gasteiger partial charge in [-0.25, -0.2) is 0 Å². The van der Waals surface area contributed by atoms with Crippen LogP contribution in [0.1, 0.15) is 6.42 Å². The molecule has 11 heavy (non-hydrogen) atoms. The van der Waals surface area contributed by atoms with Crippen LogP contribution in [0.3, 0.4) is 0 Å². The molecule has 0 aromatic heterocycles. The van der Waals surface area contributed by atoms with Gasteiger partial charge in [0.05, 0.1) is 12.5 Å². The maximum atomic E-state index is 10.7. The highest BCUT2D eigenvalue weighted by molar-refractivity contribution is 5.77. The summed E-state index contributed by atoms with van der Waals surface area (Å²) in [5.74, 6) is 2.36. The van der Waals surface area contributed by atoms with Gasteiger partial charge in [0, 0.05) is 6.54 Å². The molecule has 3 nitrogen and oxygen atoms in total. The molecule has 1 saturated heterocycles. The van der Waals surface area contributed by atoms with Gasteiger partial charge in [-0.1, -0.05) is 5.92 Å². The molecule has 0 radical (unpaired) electrons. The van der Waals surface area contributed by atoms with E-state index in [4.69, 9.17) is 12.2 Å². The van der Waals surface area contributed by atoms with Crippen molar-refractivity contribution in [1.82, 2.24) is 4.90 Å². The summed E-state index contributed by atoms with van der Waals surface area (Å²) in [4.78, 5) is 12.8. The number of primary amides is 1. The molecule has 1 heterocycles. The van der Waals surface area contributed by atoms with Crippen LogP contribution < -0.4 is 5.73 Å². The van der Waals surface area contributed by atoms with Crippen LogP contribution in [0.25, 0.3) is 0 Å². The normalized spacial score (nSPS) is 24.8. The Bertz CT molecular complexity index is 195.